The smallest absolute Gasteiger partial charge is 0.270 e. The van der Waals surface area contributed by atoms with E-state index in [4.69, 9.17) is 0 Å². The molecule has 1 unspecified atom stereocenters. The van der Waals surface area contributed by atoms with Gasteiger partial charge in [0.25, 0.3) is 5.91 Å². The maximum atomic E-state index is 13.0. The Morgan fingerprint density at radius 1 is 1.36 bits per heavy atom. The number of nitrogens with zero attached hydrogens (tertiary/aromatic N) is 3. The number of likely N-dealkylation sites (tertiary alicyclic amines) is 1. The number of piperazine rings is 1. The lowest BCUT2D eigenvalue weighted by atomic mass is 10.0. The molecule has 6 nitrogen and oxygen atoms in total. The molecule has 1 aromatic rings. The standard InChI is InChI=1S/C17H25BrN4O2.ClH/c1-12(2)22-10-13(18)8-15(22)17(24)20-6-3-4-14(11-20)21-7-5-19-9-16(21)23;/h8,10,12,14,19H,3-7,9,11H2,1-2H3;1H. The molecule has 0 aliphatic carbocycles. The van der Waals surface area contributed by atoms with E-state index >= 15 is 0 Å². The van der Waals surface area contributed by atoms with Crippen LogP contribution in [-0.4, -0.2) is 64.9 Å². The predicted molar refractivity (Wildman–Crippen MR) is 103 cm³/mol. The van der Waals surface area contributed by atoms with Gasteiger partial charge in [-0.15, -0.1) is 12.4 Å². The highest BCUT2D eigenvalue weighted by Crippen LogP contribution is 2.23. The number of nitrogens with one attached hydrogen (secondary N) is 1. The molecule has 2 amide bonds. The average Bonchev–Trinajstić information content (AvgIpc) is 2.97. The summed E-state index contributed by atoms with van der Waals surface area (Å²) in [6.45, 7) is 7.51. The third-order valence-electron chi connectivity index (χ3n) is 4.84. The molecule has 2 saturated heterocycles. The maximum absolute atomic E-state index is 13.0. The third-order valence-corrected chi connectivity index (χ3v) is 5.27. The van der Waals surface area contributed by atoms with Gasteiger partial charge < -0.3 is 19.7 Å². The van der Waals surface area contributed by atoms with Crippen molar-refractivity contribution in [2.24, 2.45) is 0 Å². The first-order valence-corrected chi connectivity index (χ1v) is 9.43. The molecular formula is C17H26BrClN4O2. The van der Waals surface area contributed by atoms with Crippen molar-refractivity contribution >= 4 is 40.2 Å². The second-order valence-corrected chi connectivity index (χ2v) is 7.77. The Morgan fingerprint density at radius 3 is 2.80 bits per heavy atom. The minimum Gasteiger partial charge on any atom is -0.340 e. The molecule has 8 heteroatoms. The SMILES string of the molecule is CC(C)n1cc(Br)cc1C(=O)N1CCCC(N2CCNCC2=O)C1.Cl. The van der Waals surface area contributed by atoms with Gasteiger partial charge in [0, 0.05) is 48.9 Å². The molecule has 140 valence electrons. The Labute approximate surface area is 163 Å². The van der Waals surface area contributed by atoms with Gasteiger partial charge in [-0.1, -0.05) is 0 Å². The van der Waals surface area contributed by atoms with E-state index in [0.29, 0.717) is 18.8 Å². The maximum Gasteiger partial charge on any atom is 0.270 e. The molecule has 0 radical (unpaired) electrons. The van der Waals surface area contributed by atoms with Crippen molar-refractivity contribution in [1.82, 2.24) is 19.7 Å². The van der Waals surface area contributed by atoms with Crippen LogP contribution in [0.2, 0.25) is 0 Å². The minimum absolute atomic E-state index is 0. The first-order valence-electron chi connectivity index (χ1n) is 8.64. The largest absolute Gasteiger partial charge is 0.340 e. The van der Waals surface area contributed by atoms with E-state index in [0.717, 1.165) is 36.9 Å². The molecule has 1 N–H and O–H groups in total. The van der Waals surface area contributed by atoms with Crippen LogP contribution in [0.15, 0.2) is 16.7 Å². The summed E-state index contributed by atoms with van der Waals surface area (Å²) in [4.78, 5) is 29.0. The van der Waals surface area contributed by atoms with Crippen molar-refractivity contribution < 1.29 is 9.59 Å². The van der Waals surface area contributed by atoms with Crippen LogP contribution in [0.5, 0.6) is 0 Å². The summed E-state index contributed by atoms with van der Waals surface area (Å²) >= 11 is 3.47. The Morgan fingerprint density at radius 2 is 2.12 bits per heavy atom. The van der Waals surface area contributed by atoms with Gasteiger partial charge in [0.1, 0.15) is 5.69 Å². The molecular weight excluding hydrogens is 408 g/mol. The fraction of sp³-hybridized carbons (Fsp3) is 0.647. The van der Waals surface area contributed by atoms with E-state index in [9.17, 15) is 9.59 Å². The zero-order valence-electron chi connectivity index (χ0n) is 14.7. The van der Waals surface area contributed by atoms with Crippen LogP contribution in [0.4, 0.5) is 0 Å². The number of aromatic nitrogens is 1. The van der Waals surface area contributed by atoms with Crippen molar-refractivity contribution in [1.29, 1.82) is 0 Å². The number of hydrogen-bond acceptors (Lipinski definition) is 3. The molecule has 0 spiro atoms. The minimum atomic E-state index is 0. The first kappa shape index (κ1) is 20.3. The van der Waals surface area contributed by atoms with E-state index < -0.39 is 0 Å². The van der Waals surface area contributed by atoms with Crippen molar-refractivity contribution in [2.75, 3.05) is 32.7 Å². The molecule has 3 heterocycles. The molecule has 3 rings (SSSR count). The molecule has 1 atom stereocenters. The van der Waals surface area contributed by atoms with Crippen LogP contribution in [0.25, 0.3) is 0 Å². The van der Waals surface area contributed by atoms with Gasteiger partial charge in [0.05, 0.1) is 6.54 Å². The average molecular weight is 434 g/mol. The second kappa shape index (κ2) is 8.56. The Bertz CT molecular complexity index is 634. The number of carbonyl (C=O) groups excluding carboxylic acids is 2. The molecule has 25 heavy (non-hydrogen) atoms. The highest BCUT2D eigenvalue weighted by molar-refractivity contribution is 9.10. The summed E-state index contributed by atoms with van der Waals surface area (Å²) in [5.41, 5.74) is 0.712. The topological polar surface area (TPSA) is 57.6 Å². The molecule has 2 aliphatic heterocycles. The molecule has 0 aromatic carbocycles. The predicted octanol–water partition coefficient (Wildman–Crippen LogP) is 2.29. The van der Waals surface area contributed by atoms with Gasteiger partial charge in [-0.25, -0.2) is 0 Å². The molecule has 2 fully saturated rings. The lowest BCUT2D eigenvalue weighted by Crippen LogP contribution is -2.57. The van der Waals surface area contributed by atoms with E-state index in [2.05, 4.69) is 35.1 Å². The lowest BCUT2D eigenvalue weighted by molar-refractivity contribution is -0.135. The lowest BCUT2D eigenvalue weighted by Gasteiger charge is -2.41. The van der Waals surface area contributed by atoms with Crippen LogP contribution in [0.3, 0.4) is 0 Å². The molecule has 2 aliphatic rings. The second-order valence-electron chi connectivity index (χ2n) is 6.86. The third kappa shape index (κ3) is 4.38. The summed E-state index contributed by atoms with van der Waals surface area (Å²) in [6.07, 6.45) is 3.88. The molecule has 1 aromatic heterocycles. The Hall–Kier alpha value is -1.05. The van der Waals surface area contributed by atoms with E-state index in [1.54, 1.807) is 0 Å². The summed E-state index contributed by atoms with van der Waals surface area (Å²) in [5.74, 6) is 0.204. The van der Waals surface area contributed by atoms with Gasteiger partial charge in [0.2, 0.25) is 5.91 Å². The van der Waals surface area contributed by atoms with Crippen molar-refractivity contribution in [3.63, 3.8) is 0 Å². The Kier molecular flexibility index (Phi) is 6.93. The van der Waals surface area contributed by atoms with Crippen LogP contribution in [0, 0.1) is 0 Å². The van der Waals surface area contributed by atoms with Crippen LogP contribution < -0.4 is 5.32 Å². The summed E-state index contributed by atoms with van der Waals surface area (Å²) < 4.78 is 2.93. The van der Waals surface area contributed by atoms with Gasteiger partial charge >= 0.3 is 0 Å². The number of piperidine rings is 1. The van der Waals surface area contributed by atoms with Crippen molar-refractivity contribution in [3.8, 4) is 0 Å². The van der Waals surface area contributed by atoms with Gasteiger partial charge in [-0.3, -0.25) is 9.59 Å². The molecule has 0 saturated carbocycles. The van der Waals surface area contributed by atoms with E-state index in [1.807, 2.05) is 26.6 Å². The van der Waals surface area contributed by atoms with E-state index in [-0.39, 0.29) is 36.3 Å². The van der Waals surface area contributed by atoms with E-state index in [1.165, 1.54) is 0 Å². The number of amides is 2. The van der Waals surface area contributed by atoms with Crippen molar-refractivity contribution in [2.45, 2.75) is 38.8 Å². The quantitative estimate of drug-likeness (QED) is 0.796. The zero-order chi connectivity index (χ0) is 17.3. The number of rotatable bonds is 3. The number of carbonyl (C=O) groups is 2. The Balaban J connectivity index is 0.00000225. The highest BCUT2D eigenvalue weighted by atomic mass is 79.9. The van der Waals surface area contributed by atoms with Crippen LogP contribution in [0.1, 0.15) is 43.2 Å². The number of halogens is 2. The normalized spacial score (nSPS) is 21.4. The van der Waals surface area contributed by atoms with Crippen LogP contribution in [-0.2, 0) is 4.79 Å². The fourth-order valence-electron chi connectivity index (χ4n) is 3.61. The molecule has 0 bridgehead atoms. The highest BCUT2D eigenvalue weighted by Gasteiger charge is 2.32. The van der Waals surface area contributed by atoms with Gasteiger partial charge in [-0.2, -0.15) is 0 Å². The van der Waals surface area contributed by atoms with Crippen molar-refractivity contribution in [3.05, 3.63) is 22.4 Å². The number of hydrogen-bond donors (Lipinski definition) is 1. The van der Waals surface area contributed by atoms with Gasteiger partial charge in [0.15, 0.2) is 0 Å². The van der Waals surface area contributed by atoms with Crippen LogP contribution >= 0.6 is 28.3 Å². The van der Waals surface area contributed by atoms with Gasteiger partial charge in [-0.05, 0) is 48.7 Å². The zero-order valence-corrected chi connectivity index (χ0v) is 17.1. The summed E-state index contributed by atoms with van der Waals surface area (Å²) in [6, 6.07) is 2.26. The fourth-order valence-corrected chi connectivity index (χ4v) is 4.04. The summed E-state index contributed by atoms with van der Waals surface area (Å²) in [5, 5.41) is 3.11. The first-order chi connectivity index (χ1) is 11.5. The summed E-state index contributed by atoms with van der Waals surface area (Å²) in [7, 11) is 0. The monoisotopic (exact) mass is 432 g/mol.